The predicted molar refractivity (Wildman–Crippen MR) is 118 cm³/mol. The summed E-state index contributed by atoms with van der Waals surface area (Å²) in [5, 5.41) is 0. The van der Waals surface area contributed by atoms with Crippen LogP contribution in [0.15, 0.2) is 59.1 Å². The van der Waals surface area contributed by atoms with Crippen LogP contribution in [0.25, 0.3) is 22.6 Å². The Kier molecular flexibility index (Phi) is 5.09. The number of carbonyl (C=O) groups excluding carboxylic acids is 1. The molecule has 7 heteroatoms. The number of aromatic nitrogens is 3. The van der Waals surface area contributed by atoms with Gasteiger partial charge < -0.3 is 13.9 Å². The SMILES string of the molecule is Cc1nc2c(o1)CCN(C(=O)Cn1cc(-c3ccc(F)c(C)c3)nc1-c1ccccc1)C2. The Morgan fingerprint density at radius 2 is 1.91 bits per heavy atom. The third kappa shape index (κ3) is 3.82. The molecule has 0 saturated carbocycles. The number of aryl methyl sites for hydroxylation is 2. The molecule has 2 aromatic heterocycles. The number of fused-ring (bicyclic) bond motifs is 1. The minimum absolute atomic E-state index is 0.00674. The van der Waals surface area contributed by atoms with Crippen molar-refractivity contribution < 1.29 is 13.6 Å². The van der Waals surface area contributed by atoms with E-state index in [0.717, 1.165) is 22.6 Å². The fourth-order valence-corrected chi connectivity index (χ4v) is 4.08. The number of hydrogen-bond acceptors (Lipinski definition) is 4. The average Bonchev–Trinajstić information content (AvgIpc) is 3.38. The first kappa shape index (κ1) is 20.2. The highest BCUT2D eigenvalue weighted by Gasteiger charge is 2.25. The minimum atomic E-state index is -0.251. The molecular formula is C25H23FN4O2. The number of carbonyl (C=O) groups is 1. The Morgan fingerprint density at radius 1 is 1.09 bits per heavy atom. The first-order valence-corrected chi connectivity index (χ1v) is 10.6. The highest BCUT2D eigenvalue weighted by atomic mass is 19.1. The van der Waals surface area contributed by atoms with Crippen LogP contribution in [-0.4, -0.2) is 31.9 Å². The van der Waals surface area contributed by atoms with Gasteiger partial charge in [0.2, 0.25) is 5.91 Å². The lowest BCUT2D eigenvalue weighted by molar-refractivity contribution is -0.132. The highest BCUT2D eigenvalue weighted by Crippen LogP contribution is 2.27. The van der Waals surface area contributed by atoms with Gasteiger partial charge in [-0.25, -0.2) is 14.4 Å². The van der Waals surface area contributed by atoms with Crippen LogP contribution in [-0.2, 0) is 24.3 Å². The number of halogens is 1. The molecule has 0 atom stereocenters. The Morgan fingerprint density at radius 3 is 2.69 bits per heavy atom. The standard InChI is InChI=1S/C25H23FN4O2/c1-16-12-19(8-9-20(16)26)21-13-30(25(28-21)18-6-4-3-5-7-18)15-24(31)29-11-10-23-22(14-29)27-17(2)32-23/h3-9,12-13H,10-11,14-15H2,1-2H3. The summed E-state index contributed by atoms with van der Waals surface area (Å²) in [5.74, 6) is 1.94. The number of rotatable bonds is 4. The Balaban J connectivity index is 1.46. The molecule has 5 rings (SSSR count). The van der Waals surface area contributed by atoms with Crippen molar-refractivity contribution >= 4 is 5.91 Å². The Bertz CT molecular complexity index is 1290. The number of nitrogens with zero attached hydrogens (tertiary/aromatic N) is 4. The van der Waals surface area contributed by atoms with Crippen LogP contribution in [0.1, 0.15) is 22.9 Å². The average molecular weight is 430 g/mol. The summed E-state index contributed by atoms with van der Waals surface area (Å²) in [5.41, 5.74) is 3.82. The van der Waals surface area contributed by atoms with Crippen LogP contribution in [0.5, 0.6) is 0 Å². The zero-order chi connectivity index (χ0) is 22.2. The van der Waals surface area contributed by atoms with Crippen molar-refractivity contribution in [1.29, 1.82) is 0 Å². The summed E-state index contributed by atoms with van der Waals surface area (Å²) in [6.45, 7) is 4.75. The Hall–Kier alpha value is -3.74. The van der Waals surface area contributed by atoms with Gasteiger partial charge in [0.1, 0.15) is 29.6 Å². The summed E-state index contributed by atoms with van der Waals surface area (Å²) in [6.07, 6.45) is 2.53. The van der Waals surface area contributed by atoms with E-state index in [-0.39, 0.29) is 18.3 Å². The second-order valence-corrected chi connectivity index (χ2v) is 8.08. The Labute approximate surface area is 185 Å². The topological polar surface area (TPSA) is 64.2 Å². The van der Waals surface area contributed by atoms with Gasteiger partial charge in [-0.3, -0.25) is 4.79 Å². The predicted octanol–water partition coefficient (Wildman–Crippen LogP) is 4.55. The van der Waals surface area contributed by atoms with Crippen molar-refractivity contribution in [3.8, 4) is 22.6 Å². The monoisotopic (exact) mass is 430 g/mol. The normalized spacial score (nSPS) is 13.3. The molecule has 6 nitrogen and oxygen atoms in total. The van der Waals surface area contributed by atoms with E-state index in [1.165, 1.54) is 6.07 Å². The van der Waals surface area contributed by atoms with E-state index in [2.05, 4.69) is 4.98 Å². The number of hydrogen-bond donors (Lipinski definition) is 0. The molecule has 0 unspecified atom stereocenters. The molecule has 0 spiro atoms. The van der Waals surface area contributed by atoms with Crippen molar-refractivity contribution in [2.24, 2.45) is 0 Å². The molecular weight excluding hydrogens is 407 g/mol. The van der Waals surface area contributed by atoms with Crippen LogP contribution in [0.4, 0.5) is 4.39 Å². The molecule has 0 bridgehead atoms. The number of benzene rings is 2. The molecule has 1 aliphatic rings. The van der Waals surface area contributed by atoms with Gasteiger partial charge in [0, 0.05) is 37.2 Å². The molecule has 0 saturated heterocycles. The van der Waals surface area contributed by atoms with Crippen LogP contribution < -0.4 is 0 Å². The third-order valence-corrected chi connectivity index (χ3v) is 5.76. The van der Waals surface area contributed by atoms with E-state index in [1.54, 1.807) is 24.0 Å². The van der Waals surface area contributed by atoms with E-state index < -0.39 is 0 Å². The molecule has 3 heterocycles. The minimum Gasteiger partial charge on any atom is -0.446 e. The lowest BCUT2D eigenvalue weighted by atomic mass is 10.1. The molecule has 32 heavy (non-hydrogen) atoms. The molecule has 0 aliphatic carbocycles. The molecule has 4 aromatic rings. The van der Waals surface area contributed by atoms with Gasteiger partial charge >= 0.3 is 0 Å². The quantitative estimate of drug-likeness (QED) is 0.477. The van der Waals surface area contributed by atoms with Crippen molar-refractivity contribution in [2.45, 2.75) is 33.4 Å². The lowest BCUT2D eigenvalue weighted by Gasteiger charge is -2.25. The van der Waals surface area contributed by atoms with Crippen molar-refractivity contribution in [1.82, 2.24) is 19.4 Å². The summed E-state index contributed by atoms with van der Waals surface area (Å²) < 4.78 is 21.2. The molecule has 2 aromatic carbocycles. The van der Waals surface area contributed by atoms with Crippen molar-refractivity contribution in [3.63, 3.8) is 0 Å². The highest BCUT2D eigenvalue weighted by molar-refractivity contribution is 5.77. The fourth-order valence-electron chi connectivity index (χ4n) is 4.08. The fraction of sp³-hybridized carbons (Fsp3) is 0.240. The largest absolute Gasteiger partial charge is 0.446 e. The smallest absolute Gasteiger partial charge is 0.242 e. The number of amides is 1. The number of imidazole rings is 1. The maximum absolute atomic E-state index is 13.8. The van der Waals surface area contributed by atoms with Crippen LogP contribution >= 0.6 is 0 Å². The van der Waals surface area contributed by atoms with Gasteiger partial charge in [0.25, 0.3) is 0 Å². The van der Waals surface area contributed by atoms with Crippen LogP contribution in [0.2, 0.25) is 0 Å². The third-order valence-electron chi connectivity index (χ3n) is 5.76. The van der Waals surface area contributed by atoms with Crippen LogP contribution in [0.3, 0.4) is 0 Å². The zero-order valence-corrected chi connectivity index (χ0v) is 18.0. The van der Waals surface area contributed by atoms with Gasteiger partial charge in [-0.2, -0.15) is 0 Å². The summed E-state index contributed by atoms with van der Waals surface area (Å²) in [7, 11) is 0. The van der Waals surface area contributed by atoms with Crippen molar-refractivity contribution in [3.05, 3.63) is 83.5 Å². The van der Waals surface area contributed by atoms with E-state index in [1.807, 2.05) is 48.0 Å². The van der Waals surface area contributed by atoms with E-state index in [9.17, 15) is 9.18 Å². The van der Waals surface area contributed by atoms with E-state index >= 15 is 0 Å². The van der Waals surface area contributed by atoms with Gasteiger partial charge in [-0.05, 0) is 30.7 Å². The first-order valence-electron chi connectivity index (χ1n) is 10.6. The van der Waals surface area contributed by atoms with Crippen LogP contribution in [0, 0.1) is 19.7 Å². The van der Waals surface area contributed by atoms with Gasteiger partial charge in [0.15, 0.2) is 5.89 Å². The maximum Gasteiger partial charge on any atom is 0.242 e. The second kappa shape index (κ2) is 8.07. The van der Waals surface area contributed by atoms with Gasteiger partial charge in [-0.15, -0.1) is 0 Å². The van der Waals surface area contributed by atoms with E-state index in [0.29, 0.717) is 42.5 Å². The van der Waals surface area contributed by atoms with Crippen molar-refractivity contribution in [2.75, 3.05) is 6.54 Å². The molecule has 0 fully saturated rings. The molecule has 1 amide bonds. The summed E-state index contributed by atoms with van der Waals surface area (Å²) in [6, 6.07) is 14.7. The zero-order valence-electron chi connectivity index (χ0n) is 18.0. The van der Waals surface area contributed by atoms with Gasteiger partial charge in [-0.1, -0.05) is 30.3 Å². The van der Waals surface area contributed by atoms with Gasteiger partial charge in [0.05, 0.1) is 12.2 Å². The van der Waals surface area contributed by atoms with E-state index in [4.69, 9.17) is 9.40 Å². The lowest BCUT2D eigenvalue weighted by Crippen LogP contribution is -2.37. The number of oxazole rings is 1. The summed E-state index contributed by atoms with van der Waals surface area (Å²) >= 11 is 0. The molecule has 1 aliphatic heterocycles. The first-order chi connectivity index (χ1) is 15.5. The molecule has 0 N–H and O–H groups in total. The summed E-state index contributed by atoms with van der Waals surface area (Å²) in [4.78, 5) is 24.2. The second-order valence-electron chi connectivity index (χ2n) is 8.08. The maximum atomic E-state index is 13.8. The molecule has 0 radical (unpaired) electrons. The molecule has 162 valence electrons.